The average molecular weight is 301 g/mol. The van der Waals surface area contributed by atoms with Crippen molar-refractivity contribution in [2.45, 2.75) is 20.0 Å². The topological polar surface area (TPSA) is 38.0 Å². The van der Waals surface area contributed by atoms with Crippen molar-refractivity contribution in [3.63, 3.8) is 0 Å². The monoisotopic (exact) mass is 300 g/mol. The van der Waals surface area contributed by atoms with Crippen molar-refractivity contribution >= 4 is 40.2 Å². The molecule has 0 unspecified atom stereocenters. The van der Waals surface area contributed by atoms with Crippen LogP contribution in [0.5, 0.6) is 0 Å². The molecule has 0 aliphatic heterocycles. The highest BCUT2D eigenvalue weighted by Gasteiger charge is 2.04. The van der Waals surface area contributed by atoms with Crippen LogP contribution >= 0.6 is 34.5 Å². The molecule has 0 spiro atoms. The number of hydrogen-bond acceptors (Lipinski definition) is 3. The lowest BCUT2D eigenvalue weighted by atomic mass is 10.2. The van der Waals surface area contributed by atoms with E-state index in [1.165, 1.54) is 9.75 Å². The van der Waals surface area contributed by atoms with Crippen molar-refractivity contribution in [1.82, 2.24) is 5.32 Å². The zero-order valence-corrected chi connectivity index (χ0v) is 12.3. The van der Waals surface area contributed by atoms with E-state index in [9.17, 15) is 0 Å². The van der Waals surface area contributed by atoms with Crippen LogP contribution in [0.25, 0.3) is 0 Å². The Morgan fingerprint density at radius 1 is 1.17 bits per heavy atom. The van der Waals surface area contributed by atoms with Crippen molar-refractivity contribution in [2.75, 3.05) is 5.73 Å². The van der Waals surface area contributed by atoms with Crippen molar-refractivity contribution in [3.05, 3.63) is 49.6 Å². The van der Waals surface area contributed by atoms with Gasteiger partial charge in [-0.2, -0.15) is 0 Å². The first-order valence-electron chi connectivity index (χ1n) is 5.55. The van der Waals surface area contributed by atoms with Gasteiger partial charge in [0, 0.05) is 22.8 Å². The number of benzene rings is 1. The van der Waals surface area contributed by atoms with Gasteiger partial charge in [-0.15, -0.1) is 11.3 Å². The molecule has 0 radical (unpaired) electrons. The van der Waals surface area contributed by atoms with Gasteiger partial charge >= 0.3 is 0 Å². The highest BCUT2D eigenvalue weighted by molar-refractivity contribution is 7.11. The molecule has 1 aromatic carbocycles. The summed E-state index contributed by atoms with van der Waals surface area (Å²) >= 11 is 13.8. The van der Waals surface area contributed by atoms with Crippen LogP contribution in [0.1, 0.15) is 15.3 Å². The van der Waals surface area contributed by atoms with Crippen LogP contribution in [-0.2, 0) is 13.1 Å². The van der Waals surface area contributed by atoms with E-state index in [2.05, 4.69) is 24.4 Å². The number of nitrogen functional groups attached to an aromatic ring is 1. The molecule has 18 heavy (non-hydrogen) atoms. The molecule has 2 aromatic rings. The van der Waals surface area contributed by atoms with Gasteiger partial charge in [0.1, 0.15) is 0 Å². The van der Waals surface area contributed by atoms with E-state index >= 15 is 0 Å². The number of nitrogens with two attached hydrogens (primary N) is 1. The second kappa shape index (κ2) is 5.93. The predicted molar refractivity (Wildman–Crippen MR) is 80.5 cm³/mol. The van der Waals surface area contributed by atoms with Crippen LogP contribution in [0.2, 0.25) is 10.0 Å². The van der Waals surface area contributed by atoms with E-state index in [1.807, 2.05) is 12.1 Å². The normalized spacial score (nSPS) is 10.8. The maximum Gasteiger partial charge on any atom is 0.0693 e. The van der Waals surface area contributed by atoms with Crippen LogP contribution in [0.15, 0.2) is 24.3 Å². The molecule has 0 aliphatic rings. The molecule has 96 valence electrons. The van der Waals surface area contributed by atoms with Crippen molar-refractivity contribution in [2.24, 2.45) is 0 Å². The molecule has 5 heteroatoms. The summed E-state index contributed by atoms with van der Waals surface area (Å²) in [7, 11) is 0. The number of nitrogens with one attached hydrogen (secondary N) is 1. The third-order valence-electron chi connectivity index (χ3n) is 2.56. The van der Waals surface area contributed by atoms with Crippen LogP contribution in [0.4, 0.5) is 5.69 Å². The predicted octanol–water partition coefficient (Wildman–Crippen LogP) is 4.24. The molecule has 0 saturated heterocycles. The minimum atomic E-state index is 0.441. The van der Waals surface area contributed by atoms with Crippen LogP contribution < -0.4 is 11.1 Å². The van der Waals surface area contributed by atoms with Crippen molar-refractivity contribution in [1.29, 1.82) is 0 Å². The molecule has 1 aromatic heterocycles. The third kappa shape index (κ3) is 3.39. The Morgan fingerprint density at radius 2 is 1.83 bits per heavy atom. The quantitative estimate of drug-likeness (QED) is 0.829. The fraction of sp³-hybridized carbons (Fsp3) is 0.231. The van der Waals surface area contributed by atoms with E-state index in [1.54, 1.807) is 11.3 Å². The number of aryl methyl sites for hydroxylation is 1. The molecule has 3 N–H and O–H groups in total. The molecule has 1 heterocycles. The molecular formula is C13H14Cl2N2S. The summed E-state index contributed by atoms with van der Waals surface area (Å²) in [6.45, 7) is 3.67. The summed E-state index contributed by atoms with van der Waals surface area (Å²) in [6, 6.07) is 7.94. The summed E-state index contributed by atoms with van der Waals surface area (Å²) in [5.74, 6) is 0. The molecule has 2 nitrogen and oxygen atoms in total. The van der Waals surface area contributed by atoms with E-state index in [0.717, 1.165) is 18.7 Å². The zero-order chi connectivity index (χ0) is 13.1. The summed E-state index contributed by atoms with van der Waals surface area (Å²) < 4.78 is 0. The highest BCUT2D eigenvalue weighted by Crippen LogP contribution is 2.28. The Hall–Kier alpha value is -0.740. The van der Waals surface area contributed by atoms with Crippen molar-refractivity contribution in [3.8, 4) is 0 Å². The van der Waals surface area contributed by atoms with Crippen LogP contribution in [0.3, 0.4) is 0 Å². The maximum absolute atomic E-state index is 5.98. The molecule has 0 atom stereocenters. The van der Waals surface area contributed by atoms with Crippen LogP contribution in [0, 0.1) is 6.92 Å². The molecule has 0 fully saturated rings. The first kappa shape index (κ1) is 13.7. The molecule has 0 bridgehead atoms. The van der Waals surface area contributed by atoms with Gasteiger partial charge in [0.25, 0.3) is 0 Å². The lowest BCUT2D eigenvalue weighted by Gasteiger charge is -2.07. The van der Waals surface area contributed by atoms with Gasteiger partial charge in [0.15, 0.2) is 0 Å². The number of hydrogen-bond donors (Lipinski definition) is 2. The zero-order valence-electron chi connectivity index (χ0n) is 9.97. The first-order chi connectivity index (χ1) is 8.56. The third-order valence-corrected chi connectivity index (χ3v) is 4.19. The Kier molecular flexibility index (Phi) is 4.51. The standard InChI is InChI=1S/C13H14Cl2N2S/c1-8-2-3-10(18-8)7-17-6-9-4-11(14)13(16)12(15)5-9/h2-5,17H,6-7,16H2,1H3. The largest absolute Gasteiger partial charge is 0.396 e. The van der Waals surface area contributed by atoms with Crippen LogP contribution in [-0.4, -0.2) is 0 Å². The van der Waals surface area contributed by atoms with Gasteiger partial charge in [-0.25, -0.2) is 0 Å². The Morgan fingerprint density at radius 3 is 2.39 bits per heavy atom. The SMILES string of the molecule is Cc1ccc(CNCc2cc(Cl)c(N)c(Cl)c2)s1. The van der Waals surface area contributed by atoms with E-state index in [-0.39, 0.29) is 0 Å². The average Bonchev–Trinajstić information content (AvgIpc) is 2.72. The lowest BCUT2D eigenvalue weighted by Crippen LogP contribution is -2.11. The Balaban J connectivity index is 1.94. The van der Waals surface area contributed by atoms with Gasteiger partial charge in [0.2, 0.25) is 0 Å². The van der Waals surface area contributed by atoms with Gasteiger partial charge in [0.05, 0.1) is 15.7 Å². The van der Waals surface area contributed by atoms with E-state index in [0.29, 0.717) is 15.7 Å². The number of anilines is 1. The van der Waals surface area contributed by atoms with Gasteiger partial charge < -0.3 is 11.1 Å². The van der Waals surface area contributed by atoms with Gasteiger partial charge in [-0.3, -0.25) is 0 Å². The fourth-order valence-corrected chi connectivity index (χ4v) is 3.04. The van der Waals surface area contributed by atoms with Gasteiger partial charge in [-0.1, -0.05) is 23.2 Å². The number of thiophene rings is 1. The molecule has 0 saturated carbocycles. The Bertz CT molecular complexity index is 529. The summed E-state index contributed by atoms with van der Waals surface area (Å²) in [6.07, 6.45) is 0. The second-order valence-corrected chi connectivity index (χ2v) is 6.28. The smallest absolute Gasteiger partial charge is 0.0693 e. The molecule has 2 rings (SSSR count). The fourth-order valence-electron chi connectivity index (χ4n) is 1.65. The van der Waals surface area contributed by atoms with Crippen molar-refractivity contribution < 1.29 is 0 Å². The van der Waals surface area contributed by atoms with E-state index in [4.69, 9.17) is 28.9 Å². The summed E-state index contributed by atoms with van der Waals surface area (Å²) in [4.78, 5) is 2.64. The first-order valence-corrected chi connectivity index (χ1v) is 7.13. The molecule has 0 aliphatic carbocycles. The second-order valence-electron chi connectivity index (χ2n) is 4.09. The maximum atomic E-state index is 5.98. The van der Waals surface area contributed by atoms with E-state index < -0.39 is 0 Å². The number of rotatable bonds is 4. The molecule has 0 amide bonds. The number of halogens is 2. The minimum Gasteiger partial charge on any atom is -0.396 e. The minimum absolute atomic E-state index is 0.441. The van der Waals surface area contributed by atoms with Gasteiger partial charge in [-0.05, 0) is 36.8 Å². The highest BCUT2D eigenvalue weighted by atomic mass is 35.5. The molecular weight excluding hydrogens is 287 g/mol. The summed E-state index contributed by atoms with van der Waals surface area (Å²) in [5, 5.41) is 4.37. The Labute approximate surface area is 121 Å². The summed E-state index contributed by atoms with van der Waals surface area (Å²) in [5.41, 5.74) is 7.17. The lowest BCUT2D eigenvalue weighted by molar-refractivity contribution is 0.701.